The summed E-state index contributed by atoms with van der Waals surface area (Å²) in [5.41, 5.74) is 0. The first-order valence-electron chi connectivity index (χ1n) is 6.30. The van der Waals surface area contributed by atoms with Gasteiger partial charge in [0.05, 0.1) is 0 Å². The zero-order chi connectivity index (χ0) is 11.8. The Kier molecular flexibility index (Phi) is 8.20. The second-order valence-electron chi connectivity index (χ2n) is 5.24. The maximum atomic E-state index is 2.35. The average Bonchev–Trinajstić information content (AvgIpc) is 2.11. The summed E-state index contributed by atoms with van der Waals surface area (Å²) in [5, 5.41) is 2.89. The van der Waals surface area contributed by atoms with E-state index in [4.69, 9.17) is 0 Å². The Morgan fingerprint density at radius 2 is 1.47 bits per heavy atom. The second kappa shape index (κ2) is 8.20. The topological polar surface area (TPSA) is 0 Å². The Hall–Kier alpha value is 0.0125. The fraction of sp³-hybridized carbons (Fsp3) is 0.714. The zero-order valence-corrected chi connectivity index (χ0v) is 12.5. The Bertz CT molecular complexity index is 201. The molecule has 0 radical (unpaired) electrons. The summed E-state index contributed by atoms with van der Waals surface area (Å²) in [6.07, 6.45) is 6.86. The van der Waals surface area contributed by atoms with Gasteiger partial charge in [-0.1, -0.05) is 62.2 Å². The van der Waals surface area contributed by atoms with Gasteiger partial charge in [0, 0.05) is 0 Å². The zero-order valence-electron chi connectivity index (χ0n) is 11.4. The molecule has 0 aliphatic carbocycles. The van der Waals surface area contributed by atoms with Gasteiger partial charge < -0.3 is 0 Å². The minimum absolute atomic E-state index is 0.708. The highest BCUT2D eigenvalue weighted by Crippen LogP contribution is 2.21. The van der Waals surface area contributed by atoms with Crippen LogP contribution in [0.2, 0.25) is 10.6 Å². The van der Waals surface area contributed by atoms with E-state index in [9.17, 15) is 0 Å². The van der Waals surface area contributed by atoms with Gasteiger partial charge in [0.25, 0.3) is 0 Å². The van der Waals surface area contributed by atoms with Crippen LogP contribution in [0.4, 0.5) is 0 Å². The predicted octanol–water partition coefficient (Wildman–Crippen LogP) is 4.85. The lowest BCUT2D eigenvalue weighted by Gasteiger charge is -2.17. The Balaban J connectivity index is 4.58. The highest BCUT2D eigenvalue weighted by molar-refractivity contribution is 6.67. The van der Waals surface area contributed by atoms with Crippen molar-refractivity contribution in [2.24, 2.45) is 11.8 Å². The molecule has 0 spiro atoms. The minimum Gasteiger partial charge on any atom is -0.115 e. The molecule has 86 valence electrons. The SMILES string of the molecule is CC=C[C](=CC)[Al]([CH2]C(C)C)[CH2]C(C)C. The number of hydrogen-bond donors (Lipinski definition) is 0. The quantitative estimate of drug-likeness (QED) is 0.445. The van der Waals surface area contributed by atoms with Crippen LogP contribution in [0.1, 0.15) is 41.5 Å². The van der Waals surface area contributed by atoms with Crippen LogP contribution < -0.4 is 0 Å². The van der Waals surface area contributed by atoms with Crippen molar-refractivity contribution in [2.45, 2.75) is 52.1 Å². The van der Waals surface area contributed by atoms with E-state index in [2.05, 4.69) is 59.8 Å². The van der Waals surface area contributed by atoms with Gasteiger partial charge in [-0.2, -0.15) is 0 Å². The molecule has 0 atom stereocenters. The highest BCUT2D eigenvalue weighted by atomic mass is 27.2. The third-order valence-corrected chi connectivity index (χ3v) is 7.17. The third kappa shape index (κ3) is 6.99. The van der Waals surface area contributed by atoms with Gasteiger partial charge in [0.1, 0.15) is 0 Å². The van der Waals surface area contributed by atoms with Crippen molar-refractivity contribution in [1.29, 1.82) is 0 Å². The van der Waals surface area contributed by atoms with Crippen molar-refractivity contribution in [3.05, 3.63) is 22.7 Å². The summed E-state index contributed by atoms with van der Waals surface area (Å²) < 4.78 is 1.65. The molecular formula is C14H27Al. The summed E-state index contributed by atoms with van der Waals surface area (Å²) in [7, 11) is 0. The largest absolute Gasteiger partial charge is 0.305 e. The molecule has 0 saturated carbocycles. The van der Waals surface area contributed by atoms with E-state index >= 15 is 0 Å². The highest BCUT2D eigenvalue weighted by Gasteiger charge is 2.22. The molecule has 0 saturated heterocycles. The van der Waals surface area contributed by atoms with Gasteiger partial charge in [-0.15, -0.1) is 10.5 Å². The first-order chi connectivity index (χ1) is 7.01. The number of hydrogen-bond acceptors (Lipinski definition) is 0. The van der Waals surface area contributed by atoms with E-state index in [-0.39, 0.29) is 0 Å². The molecule has 0 aromatic heterocycles. The van der Waals surface area contributed by atoms with E-state index in [1.807, 2.05) is 0 Å². The van der Waals surface area contributed by atoms with Crippen LogP contribution in [0.3, 0.4) is 0 Å². The Morgan fingerprint density at radius 1 is 1.00 bits per heavy atom. The molecule has 15 heavy (non-hydrogen) atoms. The lowest BCUT2D eigenvalue weighted by molar-refractivity contribution is 0.693. The molecule has 0 N–H and O–H groups in total. The molecule has 0 nitrogen and oxygen atoms in total. The maximum absolute atomic E-state index is 2.35. The van der Waals surface area contributed by atoms with Crippen molar-refractivity contribution in [3.8, 4) is 0 Å². The molecule has 0 bridgehead atoms. The molecule has 0 amide bonds. The molecule has 0 heterocycles. The van der Waals surface area contributed by atoms with Crippen LogP contribution in [0, 0.1) is 11.8 Å². The minimum atomic E-state index is -0.708. The van der Waals surface area contributed by atoms with E-state index in [0.717, 1.165) is 11.8 Å². The number of rotatable bonds is 6. The smallest absolute Gasteiger partial charge is 0.115 e. The van der Waals surface area contributed by atoms with Crippen LogP contribution in [0.15, 0.2) is 22.7 Å². The Morgan fingerprint density at radius 3 is 1.73 bits per heavy atom. The number of allylic oxidation sites excluding steroid dienone is 4. The van der Waals surface area contributed by atoms with Gasteiger partial charge in [-0.05, 0) is 13.8 Å². The van der Waals surface area contributed by atoms with E-state index in [1.54, 1.807) is 4.44 Å². The van der Waals surface area contributed by atoms with Crippen molar-refractivity contribution >= 4 is 14.1 Å². The summed E-state index contributed by atoms with van der Waals surface area (Å²) in [4.78, 5) is 0. The molecule has 0 rings (SSSR count). The normalized spacial score (nSPS) is 13.2. The van der Waals surface area contributed by atoms with Crippen LogP contribution in [-0.4, -0.2) is 14.1 Å². The van der Waals surface area contributed by atoms with Gasteiger partial charge in [-0.3, -0.25) is 0 Å². The summed E-state index contributed by atoms with van der Waals surface area (Å²) in [5.74, 6) is 1.70. The second-order valence-corrected chi connectivity index (χ2v) is 8.25. The fourth-order valence-corrected chi connectivity index (χ4v) is 6.12. The van der Waals surface area contributed by atoms with Gasteiger partial charge in [0.2, 0.25) is 0 Å². The first-order valence-corrected chi connectivity index (χ1v) is 8.51. The predicted molar refractivity (Wildman–Crippen MR) is 73.6 cm³/mol. The maximum Gasteiger partial charge on any atom is 0.305 e. The molecule has 0 unspecified atom stereocenters. The van der Waals surface area contributed by atoms with Gasteiger partial charge in [-0.25, -0.2) is 0 Å². The lowest BCUT2D eigenvalue weighted by Crippen LogP contribution is -2.20. The molecule has 0 aromatic carbocycles. The van der Waals surface area contributed by atoms with Crippen LogP contribution >= 0.6 is 0 Å². The molecule has 0 fully saturated rings. The van der Waals surface area contributed by atoms with Crippen molar-refractivity contribution < 1.29 is 0 Å². The van der Waals surface area contributed by atoms with E-state index in [0.29, 0.717) is 0 Å². The average molecular weight is 222 g/mol. The third-order valence-electron chi connectivity index (χ3n) is 2.68. The fourth-order valence-electron chi connectivity index (χ4n) is 2.17. The summed E-state index contributed by atoms with van der Waals surface area (Å²) >= 11 is -0.708. The molecule has 0 aliphatic heterocycles. The van der Waals surface area contributed by atoms with Crippen molar-refractivity contribution in [3.63, 3.8) is 0 Å². The summed E-state index contributed by atoms with van der Waals surface area (Å²) in [6, 6.07) is 0. The van der Waals surface area contributed by atoms with Crippen molar-refractivity contribution in [1.82, 2.24) is 0 Å². The Labute approximate surface area is 101 Å². The van der Waals surface area contributed by atoms with Crippen molar-refractivity contribution in [2.75, 3.05) is 0 Å². The molecule has 1 heteroatoms. The molecule has 0 aliphatic rings. The van der Waals surface area contributed by atoms with Gasteiger partial charge >= 0.3 is 14.1 Å². The van der Waals surface area contributed by atoms with Crippen LogP contribution in [0.25, 0.3) is 0 Å². The van der Waals surface area contributed by atoms with E-state index in [1.165, 1.54) is 10.6 Å². The van der Waals surface area contributed by atoms with Gasteiger partial charge in [0.15, 0.2) is 0 Å². The standard InChI is InChI=1S/C6H9.2C4H9.Al/c1-3-5-6-4-2;2*1-4(2)3;/h3-5H,1-2H3;2*4H,1H2,2-3H3;. The lowest BCUT2D eigenvalue weighted by atomic mass is 10.3. The van der Waals surface area contributed by atoms with E-state index < -0.39 is 14.1 Å². The monoisotopic (exact) mass is 222 g/mol. The first kappa shape index (κ1) is 15.0. The van der Waals surface area contributed by atoms with Crippen LogP contribution in [0.5, 0.6) is 0 Å². The van der Waals surface area contributed by atoms with Crippen LogP contribution in [-0.2, 0) is 0 Å². The molecule has 0 aromatic rings. The molecular weight excluding hydrogens is 195 g/mol. The summed E-state index contributed by atoms with van der Waals surface area (Å²) in [6.45, 7) is 13.7.